The average Bonchev–Trinajstić information content (AvgIpc) is 3.10. The summed E-state index contributed by atoms with van der Waals surface area (Å²) in [5.74, 6) is -1.62. The summed E-state index contributed by atoms with van der Waals surface area (Å²) in [5.41, 5.74) is -0.432. The number of likely N-dealkylation sites (tertiary alicyclic amines) is 1. The molecule has 1 saturated heterocycles. The van der Waals surface area contributed by atoms with Crippen LogP contribution in [0.25, 0.3) is 0 Å². The number of amides is 1. The van der Waals surface area contributed by atoms with E-state index in [4.69, 9.17) is 4.84 Å². The van der Waals surface area contributed by atoms with Crippen molar-refractivity contribution in [2.75, 3.05) is 13.1 Å². The number of carbonyl (C=O) groups excluding carboxylic acids is 1. The van der Waals surface area contributed by atoms with Gasteiger partial charge in [-0.1, -0.05) is 11.7 Å². The van der Waals surface area contributed by atoms with E-state index in [1.807, 2.05) is 0 Å². The minimum absolute atomic E-state index is 0.108. The summed E-state index contributed by atoms with van der Waals surface area (Å²) in [7, 11) is 0. The third kappa shape index (κ3) is 4.15. The Labute approximate surface area is 151 Å². The van der Waals surface area contributed by atoms with Gasteiger partial charge in [-0.25, -0.2) is 9.37 Å². The van der Waals surface area contributed by atoms with Crippen LogP contribution in [0.5, 0.6) is 5.75 Å². The SMILES string of the molecule is C=C(F)C(=O)N1CC(C(=NOc2ccc(C(F)(F)F)cc2)c2ncc[nH]2)C1. The average molecular weight is 382 g/mol. The number of nitrogens with one attached hydrogen (secondary N) is 1. The van der Waals surface area contributed by atoms with Crippen LogP contribution >= 0.6 is 0 Å². The number of aromatic nitrogens is 2. The molecule has 2 heterocycles. The zero-order valence-electron chi connectivity index (χ0n) is 13.8. The van der Waals surface area contributed by atoms with E-state index in [9.17, 15) is 22.4 Å². The van der Waals surface area contributed by atoms with Crippen LogP contribution in [0.2, 0.25) is 0 Å². The molecule has 10 heteroatoms. The molecule has 3 rings (SSSR count). The number of benzene rings is 1. The fraction of sp³-hybridized carbons (Fsp3) is 0.235. The van der Waals surface area contributed by atoms with Crippen molar-refractivity contribution in [3.63, 3.8) is 0 Å². The number of alkyl halides is 3. The fourth-order valence-corrected chi connectivity index (χ4v) is 2.51. The van der Waals surface area contributed by atoms with Gasteiger partial charge < -0.3 is 14.7 Å². The first kappa shape index (κ1) is 18.6. The molecule has 1 N–H and O–H groups in total. The molecule has 0 spiro atoms. The molecule has 0 bridgehead atoms. The van der Waals surface area contributed by atoms with E-state index in [1.165, 1.54) is 11.1 Å². The van der Waals surface area contributed by atoms with E-state index in [2.05, 4.69) is 21.7 Å². The summed E-state index contributed by atoms with van der Waals surface area (Å²) in [5, 5.41) is 3.98. The van der Waals surface area contributed by atoms with Crippen LogP contribution in [0.3, 0.4) is 0 Å². The molecule has 0 saturated carbocycles. The molecule has 2 aromatic rings. The van der Waals surface area contributed by atoms with Crippen LogP contribution in [0.1, 0.15) is 11.4 Å². The molecule has 0 radical (unpaired) electrons. The lowest BCUT2D eigenvalue weighted by Gasteiger charge is -2.38. The summed E-state index contributed by atoms with van der Waals surface area (Å²) in [4.78, 5) is 24.9. The van der Waals surface area contributed by atoms with Gasteiger partial charge in [0.2, 0.25) is 0 Å². The van der Waals surface area contributed by atoms with Gasteiger partial charge in [0.15, 0.2) is 17.4 Å². The number of H-pyrrole nitrogens is 1. The van der Waals surface area contributed by atoms with Crippen LogP contribution < -0.4 is 4.84 Å². The normalized spacial score (nSPS) is 15.4. The monoisotopic (exact) mass is 382 g/mol. The maximum Gasteiger partial charge on any atom is 0.416 e. The number of oxime groups is 1. The van der Waals surface area contributed by atoms with Crippen molar-refractivity contribution in [3.05, 3.63) is 60.5 Å². The van der Waals surface area contributed by atoms with E-state index in [0.29, 0.717) is 11.5 Å². The lowest BCUT2D eigenvalue weighted by Crippen LogP contribution is -2.53. The van der Waals surface area contributed by atoms with Gasteiger partial charge in [0.1, 0.15) is 5.71 Å². The second kappa shape index (κ2) is 7.22. The molecule has 1 aliphatic heterocycles. The van der Waals surface area contributed by atoms with Crippen molar-refractivity contribution >= 4 is 11.6 Å². The number of rotatable bonds is 5. The van der Waals surface area contributed by atoms with E-state index >= 15 is 0 Å². The molecule has 0 atom stereocenters. The fourth-order valence-electron chi connectivity index (χ4n) is 2.51. The largest absolute Gasteiger partial charge is 0.416 e. The van der Waals surface area contributed by atoms with Gasteiger partial charge in [-0.3, -0.25) is 4.79 Å². The highest BCUT2D eigenvalue weighted by atomic mass is 19.4. The van der Waals surface area contributed by atoms with Gasteiger partial charge in [-0.05, 0) is 24.3 Å². The van der Waals surface area contributed by atoms with Crippen molar-refractivity contribution in [2.45, 2.75) is 6.18 Å². The third-order valence-corrected chi connectivity index (χ3v) is 3.96. The zero-order chi connectivity index (χ0) is 19.6. The molecular formula is C17H14F4N4O2. The van der Waals surface area contributed by atoms with Crippen LogP contribution in [-0.4, -0.2) is 39.6 Å². The Bertz CT molecular complexity index is 854. The Morgan fingerprint density at radius 1 is 1.30 bits per heavy atom. The van der Waals surface area contributed by atoms with Crippen molar-refractivity contribution in [1.82, 2.24) is 14.9 Å². The summed E-state index contributed by atoms with van der Waals surface area (Å²) in [6.07, 6.45) is -1.38. The number of imidazole rings is 1. The lowest BCUT2D eigenvalue weighted by atomic mass is 9.93. The van der Waals surface area contributed by atoms with Gasteiger partial charge in [0.05, 0.1) is 5.56 Å². The van der Waals surface area contributed by atoms with Gasteiger partial charge >= 0.3 is 6.18 Å². The summed E-state index contributed by atoms with van der Waals surface area (Å²) in [6, 6.07) is 4.06. The predicted octanol–water partition coefficient (Wildman–Crippen LogP) is 3.15. The highest BCUT2D eigenvalue weighted by Crippen LogP contribution is 2.30. The number of aromatic amines is 1. The Balaban J connectivity index is 1.73. The van der Waals surface area contributed by atoms with E-state index < -0.39 is 23.5 Å². The molecule has 1 fully saturated rings. The Kier molecular flexibility index (Phi) is 4.98. The maximum absolute atomic E-state index is 12.9. The van der Waals surface area contributed by atoms with E-state index in [0.717, 1.165) is 24.3 Å². The van der Waals surface area contributed by atoms with Crippen LogP contribution in [-0.2, 0) is 11.0 Å². The van der Waals surface area contributed by atoms with Crippen LogP contribution in [0.4, 0.5) is 17.6 Å². The number of carbonyl (C=O) groups is 1. The molecule has 0 unspecified atom stereocenters. The molecule has 6 nitrogen and oxygen atoms in total. The highest BCUT2D eigenvalue weighted by Gasteiger charge is 2.37. The molecule has 0 aliphatic carbocycles. The minimum Gasteiger partial charge on any atom is -0.357 e. The Morgan fingerprint density at radius 3 is 2.48 bits per heavy atom. The second-order valence-electron chi connectivity index (χ2n) is 5.84. The minimum atomic E-state index is -4.44. The number of halogens is 4. The highest BCUT2D eigenvalue weighted by molar-refractivity contribution is 6.01. The molecule has 27 heavy (non-hydrogen) atoms. The topological polar surface area (TPSA) is 70.6 Å². The van der Waals surface area contributed by atoms with Crippen molar-refractivity contribution in [3.8, 4) is 5.75 Å². The van der Waals surface area contributed by atoms with E-state index in [-0.39, 0.29) is 24.8 Å². The molecule has 142 valence electrons. The van der Waals surface area contributed by atoms with Crippen molar-refractivity contribution in [2.24, 2.45) is 11.1 Å². The second-order valence-corrected chi connectivity index (χ2v) is 5.84. The zero-order valence-corrected chi connectivity index (χ0v) is 13.8. The van der Waals surface area contributed by atoms with Crippen LogP contribution in [0.15, 0.2) is 54.2 Å². The number of hydrogen-bond acceptors (Lipinski definition) is 4. The molecular weight excluding hydrogens is 368 g/mol. The first-order valence-corrected chi connectivity index (χ1v) is 7.81. The van der Waals surface area contributed by atoms with Crippen LogP contribution in [0, 0.1) is 5.92 Å². The summed E-state index contributed by atoms with van der Waals surface area (Å²) >= 11 is 0. The third-order valence-electron chi connectivity index (χ3n) is 3.96. The lowest BCUT2D eigenvalue weighted by molar-refractivity contribution is -0.137. The predicted molar refractivity (Wildman–Crippen MR) is 87.5 cm³/mol. The van der Waals surface area contributed by atoms with Crippen molar-refractivity contribution in [1.29, 1.82) is 0 Å². The van der Waals surface area contributed by atoms with Gasteiger partial charge in [0.25, 0.3) is 5.91 Å². The van der Waals surface area contributed by atoms with Gasteiger partial charge in [0, 0.05) is 31.4 Å². The van der Waals surface area contributed by atoms with Gasteiger partial charge in [-0.2, -0.15) is 13.2 Å². The summed E-state index contributed by atoms with van der Waals surface area (Å²) in [6.45, 7) is 3.35. The number of nitrogens with zero attached hydrogens (tertiary/aromatic N) is 3. The first-order valence-electron chi connectivity index (χ1n) is 7.81. The maximum atomic E-state index is 12.9. The standard InChI is InChI=1S/C17H14F4N4O2/c1-10(18)16(26)25-8-11(9-25)14(15-22-6-7-23-15)24-27-13-4-2-12(3-5-13)17(19,20)21/h2-7,11H,1,8-9H2,(H,22,23). The molecule has 1 aromatic heterocycles. The van der Waals surface area contributed by atoms with E-state index in [1.54, 1.807) is 6.20 Å². The first-order chi connectivity index (χ1) is 12.8. The molecule has 1 amide bonds. The summed E-state index contributed by atoms with van der Waals surface area (Å²) < 4.78 is 50.7. The smallest absolute Gasteiger partial charge is 0.357 e. The Hall–Kier alpha value is -3.17. The Morgan fingerprint density at radius 2 is 1.96 bits per heavy atom. The number of hydrogen-bond donors (Lipinski definition) is 1. The molecule has 1 aliphatic rings. The van der Waals surface area contributed by atoms with Gasteiger partial charge in [-0.15, -0.1) is 0 Å². The quantitative estimate of drug-likeness (QED) is 0.374. The molecule has 1 aromatic carbocycles. The van der Waals surface area contributed by atoms with Crippen molar-refractivity contribution < 1.29 is 27.2 Å².